The van der Waals surface area contributed by atoms with Gasteiger partial charge in [0.2, 0.25) is 0 Å². The molecule has 1 unspecified atom stereocenters. The predicted molar refractivity (Wildman–Crippen MR) is 88.5 cm³/mol. The quantitative estimate of drug-likeness (QED) is 0.812. The summed E-state index contributed by atoms with van der Waals surface area (Å²) in [5, 5.41) is 3.58. The van der Waals surface area contributed by atoms with Crippen LogP contribution in [0.1, 0.15) is 18.9 Å². The molecule has 0 saturated carbocycles. The first-order valence-electron chi connectivity index (χ1n) is 6.87. The fourth-order valence-corrected chi connectivity index (χ4v) is 2.57. The molecule has 0 aliphatic heterocycles. The van der Waals surface area contributed by atoms with E-state index in [-0.39, 0.29) is 0 Å². The standard InChI is InChI=1S/C17H20BrNO/c1-3-15(11-13-7-5-4-6-8-13)19-16-12-14(18)9-10-17(16)20-2/h4-10,12,15,19H,3,11H2,1-2H3. The van der Waals surface area contributed by atoms with Crippen LogP contribution >= 0.6 is 15.9 Å². The molecule has 2 aromatic carbocycles. The number of hydrogen-bond acceptors (Lipinski definition) is 2. The maximum Gasteiger partial charge on any atom is 0.142 e. The Morgan fingerprint density at radius 3 is 2.55 bits per heavy atom. The van der Waals surface area contributed by atoms with Crippen LogP contribution in [0.3, 0.4) is 0 Å². The van der Waals surface area contributed by atoms with Crippen LogP contribution in [0.5, 0.6) is 5.75 Å². The van der Waals surface area contributed by atoms with Gasteiger partial charge in [0.25, 0.3) is 0 Å². The maximum atomic E-state index is 5.41. The molecule has 0 aromatic heterocycles. The Morgan fingerprint density at radius 2 is 1.90 bits per heavy atom. The predicted octanol–water partition coefficient (Wildman–Crippen LogP) is 4.89. The zero-order valence-corrected chi connectivity index (χ0v) is 13.5. The van der Waals surface area contributed by atoms with Crippen molar-refractivity contribution in [2.24, 2.45) is 0 Å². The Kier molecular flexibility index (Phi) is 5.48. The summed E-state index contributed by atoms with van der Waals surface area (Å²) in [4.78, 5) is 0. The van der Waals surface area contributed by atoms with Crippen LogP contribution in [-0.2, 0) is 6.42 Å². The zero-order valence-electron chi connectivity index (χ0n) is 11.9. The Balaban J connectivity index is 2.12. The van der Waals surface area contributed by atoms with Gasteiger partial charge in [0, 0.05) is 10.5 Å². The third-order valence-electron chi connectivity index (χ3n) is 3.34. The molecule has 2 rings (SSSR count). The van der Waals surface area contributed by atoms with Crippen LogP contribution in [-0.4, -0.2) is 13.2 Å². The lowest BCUT2D eigenvalue weighted by Gasteiger charge is -2.20. The first-order chi connectivity index (χ1) is 9.72. The Bertz CT molecular complexity index is 542. The Morgan fingerprint density at radius 1 is 1.15 bits per heavy atom. The van der Waals surface area contributed by atoms with Crippen molar-refractivity contribution in [2.75, 3.05) is 12.4 Å². The van der Waals surface area contributed by atoms with E-state index in [2.05, 4.69) is 64.6 Å². The van der Waals surface area contributed by atoms with E-state index in [4.69, 9.17) is 4.74 Å². The van der Waals surface area contributed by atoms with E-state index in [1.165, 1.54) is 5.56 Å². The zero-order chi connectivity index (χ0) is 14.4. The van der Waals surface area contributed by atoms with E-state index in [9.17, 15) is 0 Å². The van der Waals surface area contributed by atoms with Crippen LogP contribution in [0.2, 0.25) is 0 Å². The Labute approximate surface area is 129 Å². The molecule has 0 bridgehead atoms. The van der Waals surface area contributed by atoms with Crippen molar-refractivity contribution in [2.45, 2.75) is 25.8 Å². The van der Waals surface area contributed by atoms with E-state index in [0.717, 1.165) is 28.8 Å². The van der Waals surface area contributed by atoms with Crippen molar-refractivity contribution in [3.63, 3.8) is 0 Å². The summed E-state index contributed by atoms with van der Waals surface area (Å²) in [5.74, 6) is 0.875. The number of hydrogen-bond donors (Lipinski definition) is 1. The average Bonchev–Trinajstić information content (AvgIpc) is 2.48. The van der Waals surface area contributed by atoms with Crippen LogP contribution in [0, 0.1) is 0 Å². The van der Waals surface area contributed by atoms with E-state index < -0.39 is 0 Å². The van der Waals surface area contributed by atoms with Gasteiger partial charge in [-0.2, -0.15) is 0 Å². The monoisotopic (exact) mass is 333 g/mol. The van der Waals surface area contributed by atoms with Gasteiger partial charge in [-0.1, -0.05) is 53.2 Å². The topological polar surface area (TPSA) is 21.3 Å². The lowest BCUT2D eigenvalue weighted by atomic mass is 10.0. The summed E-state index contributed by atoms with van der Waals surface area (Å²) in [6.45, 7) is 2.20. The molecule has 0 fully saturated rings. The Hall–Kier alpha value is -1.48. The summed E-state index contributed by atoms with van der Waals surface area (Å²) >= 11 is 3.51. The van der Waals surface area contributed by atoms with Crippen molar-refractivity contribution in [1.82, 2.24) is 0 Å². The van der Waals surface area contributed by atoms with Crippen molar-refractivity contribution in [3.05, 3.63) is 58.6 Å². The minimum absolute atomic E-state index is 0.389. The molecular weight excluding hydrogens is 314 g/mol. The summed E-state index contributed by atoms with van der Waals surface area (Å²) in [5.41, 5.74) is 2.38. The third-order valence-corrected chi connectivity index (χ3v) is 3.83. The van der Waals surface area contributed by atoms with Crippen LogP contribution in [0.25, 0.3) is 0 Å². The molecule has 1 N–H and O–H groups in total. The molecule has 20 heavy (non-hydrogen) atoms. The molecule has 0 saturated heterocycles. The van der Waals surface area contributed by atoms with Gasteiger partial charge in [-0.15, -0.1) is 0 Å². The van der Waals surface area contributed by atoms with Crippen molar-refractivity contribution >= 4 is 21.6 Å². The molecule has 0 amide bonds. The highest BCUT2D eigenvalue weighted by molar-refractivity contribution is 9.10. The van der Waals surface area contributed by atoms with Gasteiger partial charge in [0.15, 0.2) is 0 Å². The summed E-state index contributed by atoms with van der Waals surface area (Å²) in [7, 11) is 1.70. The van der Waals surface area contributed by atoms with Gasteiger partial charge in [0.1, 0.15) is 5.75 Å². The van der Waals surface area contributed by atoms with Crippen LogP contribution < -0.4 is 10.1 Å². The summed E-state index contributed by atoms with van der Waals surface area (Å²) in [6.07, 6.45) is 2.07. The molecular formula is C17H20BrNO. The second-order valence-electron chi connectivity index (χ2n) is 4.78. The van der Waals surface area contributed by atoms with Gasteiger partial charge in [-0.25, -0.2) is 0 Å². The number of benzene rings is 2. The fourth-order valence-electron chi connectivity index (χ4n) is 2.21. The molecule has 0 aliphatic rings. The lowest BCUT2D eigenvalue weighted by Crippen LogP contribution is -2.21. The number of anilines is 1. The van der Waals surface area contributed by atoms with Crippen molar-refractivity contribution < 1.29 is 4.74 Å². The third kappa shape index (κ3) is 4.01. The normalized spacial score (nSPS) is 11.9. The highest BCUT2D eigenvalue weighted by Crippen LogP contribution is 2.29. The number of rotatable bonds is 6. The molecule has 0 spiro atoms. The molecule has 0 heterocycles. The minimum Gasteiger partial charge on any atom is -0.495 e. The van der Waals surface area contributed by atoms with Crippen LogP contribution in [0.15, 0.2) is 53.0 Å². The van der Waals surface area contributed by atoms with E-state index >= 15 is 0 Å². The SMILES string of the molecule is CCC(Cc1ccccc1)Nc1cc(Br)ccc1OC. The molecule has 0 radical (unpaired) electrons. The fraction of sp³-hybridized carbons (Fsp3) is 0.294. The number of methoxy groups -OCH3 is 1. The van der Waals surface area contributed by atoms with Gasteiger partial charge in [-0.3, -0.25) is 0 Å². The first kappa shape index (κ1) is 14.9. The average molecular weight is 334 g/mol. The maximum absolute atomic E-state index is 5.41. The molecule has 0 aliphatic carbocycles. The van der Waals surface area contributed by atoms with E-state index in [0.29, 0.717) is 6.04 Å². The largest absolute Gasteiger partial charge is 0.495 e. The smallest absolute Gasteiger partial charge is 0.142 e. The van der Waals surface area contributed by atoms with Gasteiger partial charge in [0.05, 0.1) is 12.8 Å². The van der Waals surface area contributed by atoms with Crippen molar-refractivity contribution in [1.29, 1.82) is 0 Å². The number of halogens is 1. The van der Waals surface area contributed by atoms with Crippen molar-refractivity contribution in [3.8, 4) is 5.75 Å². The van der Waals surface area contributed by atoms with Gasteiger partial charge in [-0.05, 0) is 36.6 Å². The second-order valence-corrected chi connectivity index (χ2v) is 5.70. The molecule has 1 atom stereocenters. The number of nitrogens with one attached hydrogen (secondary N) is 1. The van der Waals surface area contributed by atoms with E-state index in [1.54, 1.807) is 7.11 Å². The van der Waals surface area contributed by atoms with Gasteiger partial charge >= 0.3 is 0 Å². The lowest BCUT2D eigenvalue weighted by molar-refractivity contribution is 0.415. The van der Waals surface area contributed by atoms with Gasteiger partial charge < -0.3 is 10.1 Å². The summed E-state index contributed by atoms with van der Waals surface area (Å²) in [6, 6.07) is 17.0. The highest BCUT2D eigenvalue weighted by atomic mass is 79.9. The first-order valence-corrected chi connectivity index (χ1v) is 7.66. The molecule has 2 aromatic rings. The summed E-state index contributed by atoms with van der Waals surface area (Å²) < 4.78 is 6.46. The molecule has 106 valence electrons. The highest BCUT2D eigenvalue weighted by Gasteiger charge is 2.11. The molecule has 3 heteroatoms. The molecule has 2 nitrogen and oxygen atoms in total. The van der Waals surface area contributed by atoms with Crippen LogP contribution in [0.4, 0.5) is 5.69 Å². The minimum atomic E-state index is 0.389. The second kappa shape index (κ2) is 7.34. The number of ether oxygens (including phenoxy) is 1. The van der Waals surface area contributed by atoms with E-state index in [1.807, 2.05) is 12.1 Å².